The molecule has 1 fully saturated rings. The Morgan fingerprint density at radius 3 is 2.72 bits per heavy atom. The van der Waals surface area contributed by atoms with Crippen molar-refractivity contribution in [2.24, 2.45) is 0 Å². The highest BCUT2D eigenvalue weighted by atomic mass is 16.5. The lowest BCUT2D eigenvalue weighted by Crippen LogP contribution is -2.42. The summed E-state index contributed by atoms with van der Waals surface area (Å²) in [5.41, 5.74) is 0.621. The second-order valence-electron chi connectivity index (χ2n) is 5.98. The minimum Gasteiger partial charge on any atom is -0.493 e. The van der Waals surface area contributed by atoms with Gasteiger partial charge in [-0.2, -0.15) is 4.98 Å². The number of piperidine rings is 1. The van der Waals surface area contributed by atoms with Gasteiger partial charge in [-0.25, -0.2) is 4.98 Å². The fourth-order valence-electron chi connectivity index (χ4n) is 2.94. The SMILES string of the molecule is CCOc1ccccc1C(=O)N1CCC(Oc2ccnc(C)n2)CC1. The van der Waals surface area contributed by atoms with Crippen molar-refractivity contribution in [3.05, 3.63) is 47.9 Å². The molecule has 1 aromatic heterocycles. The molecule has 1 amide bonds. The highest BCUT2D eigenvalue weighted by Gasteiger charge is 2.26. The van der Waals surface area contributed by atoms with Gasteiger partial charge in [-0.1, -0.05) is 12.1 Å². The number of aryl methyl sites for hydroxylation is 1. The van der Waals surface area contributed by atoms with Crippen LogP contribution in [0.4, 0.5) is 0 Å². The monoisotopic (exact) mass is 341 g/mol. The van der Waals surface area contributed by atoms with E-state index >= 15 is 0 Å². The first kappa shape index (κ1) is 17.2. The first-order chi connectivity index (χ1) is 12.2. The maximum absolute atomic E-state index is 12.8. The highest BCUT2D eigenvalue weighted by Crippen LogP contribution is 2.23. The standard InChI is InChI=1S/C19H23N3O3/c1-3-24-17-7-5-4-6-16(17)19(23)22-12-9-15(10-13-22)25-18-8-11-20-14(2)21-18/h4-8,11,15H,3,9-10,12-13H2,1-2H3. The fourth-order valence-corrected chi connectivity index (χ4v) is 2.94. The fraction of sp³-hybridized carbons (Fsp3) is 0.421. The Bertz CT molecular complexity index is 727. The van der Waals surface area contributed by atoms with Crippen molar-refractivity contribution in [1.29, 1.82) is 0 Å². The quantitative estimate of drug-likeness (QED) is 0.837. The minimum atomic E-state index is 0.0142. The largest absolute Gasteiger partial charge is 0.493 e. The molecule has 2 heterocycles. The van der Waals surface area contributed by atoms with Crippen LogP contribution in [0.15, 0.2) is 36.5 Å². The van der Waals surface area contributed by atoms with E-state index in [0.717, 1.165) is 12.8 Å². The Morgan fingerprint density at radius 2 is 2.00 bits per heavy atom. The summed E-state index contributed by atoms with van der Waals surface area (Å²) in [6.07, 6.45) is 3.33. The van der Waals surface area contributed by atoms with E-state index in [1.54, 1.807) is 12.3 Å². The molecule has 1 aromatic carbocycles. The molecule has 0 unspecified atom stereocenters. The van der Waals surface area contributed by atoms with Crippen LogP contribution in [0.2, 0.25) is 0 Å². The lowest BCUT2D eigenvalue weighted by atomic mass is 10.1. The maximum Gasteiger partial charge on any atom is 0.257 e. The topological polar surface area (TPSA) is 64.5 Å². The Balaban J connectivity index is 1.59. The average Bonchev–Trinajstić information content (AvgIpc) is 2.63. The molecule has 25 heavy (non-hydrogen) atoms. The molecule has 132 valence electrons. The van der Waals surface area contributed by atoms with E-state index in [2.05, 4.69) is 9.97 Å². The number of likely N-dealkylation sites (tertiary alicyclic amines) is 1. The lowest BCUT2D eigenvalue weighted by Gasteiger charge is -2.32. The molecule has 1 aliphatic rings. The van der Waals surface area contributed by atoms with Crippen molar-refractivity contribution in [2.75, 3.05) is 19.7 Å². The molecule has 3 rings (SSSR count). The molecule has 0 radical (unpaired) electrons. The van der Waals surface area contributed by atoms with Gasteiger partial charge in [-0.05, 0) is 26.0 Å². The van der Waals surface area contributed by atoms with E-state index in [0.29, 0.717) is 42.7 Å². The van der Waals surface area contributed by atoms with Crippen molar-refractivity contribution < 1.29 is 14.3 Å². The number of hydrogen-bond acceptors (Lipinski definition) is 5. The van der Waals surface area contributed by atoms with Gasteiger partial charge in [-0.15, -0.1) is 0 Å². The third-order valence-corrected chi connectivity index (χ3v) is 4.18. The maximum atomic E-state index is 12.8. The first-order valence-corrected chi connectivity index (χ1v) is 8.64. The summed E-state index contributed by atoms with van der Waals surface area (Å²) in [6, 6.07) is 9.17. The smallest absolute Gasteiger partial charge is 0.257 e. The van der Waals surface area contributed by atoms with Gasteiger partial charge in [0.1, 0.15) is 17.7 Å². The van der Waals surface area contributed by atoms with Crippen molar-refractivity contribution in [1.82, 2.24) is 14.9 Å². The van der Waals surface area contributed by atoms with Crippen LogP contribution < -0.4 is 9.47 Å². The van der Waals surface area contributed by atoms with Crippen molar-refractivity contribution in [3.8, 4) is 11.6 Å². The van der Waals surface area contributed by atoms with Crippen LogP contribution in [0.25, 0.3) is 0 Å². The van der Waals surface area contributed by atoms with Crippen LogP contribution >= 0.6 is 0 Å². The number of carbonyl (C=O) groups excluding carboxylic acids is 1. The van der Waals surface area contributed by atoms with Crippen molar-refractivity contribution in [2.45, 2.75) is 32.8 Å². The third-order valence-electron chi connectivity index (χ3n) is 4.18. The molecule has 0 atom stereocenters. The van der Waals surface area contributed by atoms with E-state index < -0.39 is 0 Å². The van der Waals surface area contributed by atoms with E-state index in [1.165, 1.54) is 0 Å². The number of amides is 1. The Kier molecular flexibility index (Phi) is 5.48. The van der Waals surface area contributed by atoms with Crippen LogP contribution in [-0.2, 0) is 0 Å². The molecule has 0 aliphatic carbocycles. The van der Waals surface area contributed by atoms with Gasteiger partial charge in [-0.3, -0.25) is 4.79 Å². The van der Waals surface area contributed by atoms with E-state index in [4.69, 9.17) is 9.47 Å². The first-order valence-electron chi connectivity index (χ1n) is 8.64. The van der Waals surface area contributed by atoms with Gasteiger partial charge < -0.3 is 14.4 Å². The van der Waals surface area contributed by atoms with Crippen LogP contribution in [0.3, 0.4) is 0 Å². The predicted octanol–water partition coefficient (Wildman–Crippen LogP) is 2.87. The summed E-state index contributed by atoms with van der Waals surface area (Å²) in [5.74, 6) is 1.95. The van der Waals surface area contributed by atoms with Crippen LogP contribution in [0.1, 0.15) is 35.9 Å². The number of benzene rings is 1. The van der Waals surface area contributed by atoms with E-state index in [-0.39, 0.29) is 12.0 Å². The predicted molar refractivity (Wildman–Crippen MR) is 93.9 cm³/mol. The number of rotatable bonds is 5. The van der Waals surface area contributed by atoms with Gasteiger partial charge in [0.05, 0.1) is 12.2 Å². The summed E-state index contributed by atoms with van der Waals surface area (Å²) in [6.45, 7) is 5.61. The van der Waals surface area contributed by atoms with Crippen LogP contribution in [-0.4, -0.2) is 46.6 Å². The molecular weight excluding hydrogens is 318 g/mol. The summed E-state index contributed by atoms with van der Waals surface area (Å²) in [4.78, 5) is 23.0. The molecule has 0 N–H and O–H groups in total. The highest BCUT2D eigenvalue weighted by molar-refractivity contribution is 5.97. The van der Waals surface area contributed by atoms with Crippen molar-refractivity contribution in [3.63, 3.8) is 0 Å². The number of ether oxygens (including phenoxy) is 2. The molecule has 0 bridgehead atoms. The van der Waals surface area contributed by atoms with Gasteiger partial charge in [0.15, 0.2) is 0 Å². The van der Waals surface area contributed by atoms with Crippen LogP contribution in [0.5, 0.6) is 11.6 Å². The number of para-hydroxylation sites is 1. The van der Waals surface area contributed by atoms with Gasteiger partial charge in [0.25, 0.3) is 5.91 Å². The summed E-state index contributed by atoms with van der Waals surface area (Å²) >= 11 is 0. The van der Waals surface area contributed by atoms with Gasteiger partial charge in [0.2, 0.25) is 5.88 Å². The Hall–Kier alpha value is -2.63. The lowest BCUT2D eigenvalue weighted by molar-refractivity contribution is 0.0584. The molecule has 1 aliphatic heterocycles. The molecule has 0 saturated carbocycles. The molecule has 6 nitrogen and oxygen atoms in total. The molecule has 0 spiro atoms. The molecule has 6 heteroatoms. The zero-order chi connectivity index (χ0) is 17.6. The molecule has 2 aromatic rings. The second kappa shape index (κ2) is 7.96. The second-order valence-corrected chi connectivity index (χ2v) is 5.98. The summed E-state index contributed by atoms with van der Waals surface area (Å²) < 4.78 is 11.5. The Labute approximate surface area is 147 Å². The average molecular weight is 341 g/mol. The normalized spacial score (nSPS) is 15.0. The Morgan fingerprint density at radius 1 is 1.24 bits per heavy atom. The zero-order valence-corrected chi connectivity index (χ0v) is 14.6. The number of hydrogen-bond donors (Lipinski definition) is 0. The minimum absolute atomic E-state index is 0.0142. The van der Waals surface area contributed by atoms with Crippen LogP contribution in [0, 0.1) is 6.92 Å². The molecular formula is C19H23N3O3. The van der Waals surface area contributed by atoms with Gasteiger partial charge >= 0.3 is 0 Å². The van der Waals surface area contributed by atoms with Gasteiger partial charge in [0, 0.05) is 38.2 Å². The van der Waals surface area contributed by atoms with E-state index in [1.807, 2.05) is 43.0 Å². The number of aromatic nitrogens is 2. The number of nitrogens with zero attached hydrogens (tertiary/aromatic N) is 3. The summed E-state index contributed by atoms with van der Waals surface area (Å²) in [5, 5.41) is 0. The zero-order valence-electron chi connectivity index (χ0n) is 14.6. The third kappa shape index (κ3) is 4.26. The molecule has 1 saturated heterocycles. The van der Waals surface area contributed by atoms with E-state index in [9.17, 15) is 4.79 Å². The van der Waals surface area contributed by atoms with Crippen molar-refractivity contribution >= 4 is 5.91 Å². The summed E-state index contributed by atoms with van der Waals surface area (Å²) in [7, 11) is 0. The number of carbonyl (C=O) groups is 1.